The zero-order chi connectivity index (χ0) is 15.4. The van der Waals surface area contributed by atoms with Crippen LogP contribution in [-0.4, -0.2) is 11.1 Å². The Morgan fingerprint density at radius 2 is 1.32 bits per heavy atom. The fourth-order valence-electron chi connectivity index (χ4n) is 2.39. The van der Waals surface area contributed by atoms with Gasteiger partial charge in [0, 0.05) is 0 Å². The summed E-state index contributed by atoms with van der Waals surface area (Å²) in [6.45, 7) is 0. The van der Waals surface area contributed by atoms with Crippen molar-refractivity contribution in [3.05, 3.63) is 84.4 Å². The highest BCUT2D eigenvalue weighted by atomic mass is 31.1. The Bertz CT molecular complexity index is 797. The molecule has 0 amide bonds. The molecule has 0 aliphatic carbocycles. The molecule has 2 nitrogen and oxygen atoms in total. The highest BCUT2D eigenvalue weighted by Crippen LogP contribution is 2.24. The van der Waals surface area contributed by atoms with Crippen LogP contribution in [0.25, 0.3) is 11.1 Å². The summed E-state index contributed by atoms with van der Waals surface area (Å²) >= 11 is 0. The summed E-state index contributed by atoms with van der Waals surface area (Å²) < 4.78 is 0. The standard InChI is InChI=1S/C19H15O2P/c20-19(21)16-11-5-7-13-18(16)22-17-12-6-4-10-15(17)14-8-2-1-3-9-14/h1-13,22H,(H,20,21). The Kier molecular flexibility index (Phi) is 4.32. The van der Waals surface area contributed by atoms with Gasteiger partial charge in [-0.1, -0.05) is 81.4 Å². The van der Waals surface area contributed by atoms with Crippen LogP contribution in [0.2, 0.25) is 0 Å². The van der Waals surface area contributed by atoms with E-state index in [2.05, 4.69) is 24.3 Å². The number of aromatic carboxylic acids is 1. The molecule has 1 atom stereocenters. The van der Waals surface area contributed by atoms with Gasteiger partial charge in [0.2, 0.25) is 0 Å². The van der Waals surface area contributed by atoms with Gasteiger partial charge in [0.1, 0.15) is 0 Å². The molecular formula is C19H15O2P. The minimum atomic E-state index is -0.875. The first-order valence-corrected chi connectivity index (χ1v) is 7.99. The van der Waals surface area contributed by atoms with Crippen LogP contribution in [0.1, 0.15) is 10.4 Å². The Morgan fingerprint density at radius 3 is 2.05 bits per heavy atom. The molecule has 0 radical (unpaired) electrons. The molecule has 1 N–H and O–H groups in total. The van der Waals surface area contributed by atoms with E-state index in [4.69, 9.17) is 0 Å². The average Bonchev–Trinajstić information content (AvgIpc) is 2.56. The van der Waals surface area contributed by atoms with E-state index in [-0.39, 0.29) is 0 Å². The van der Waals surface area contributed by atoms with Crippen molar-refractivity contribution >= 4 is 25.2 Å². The first-order chi connectivity index (χ1) is 10.8. The SMILES string of the molecule is O=C(O)c1ccccc1Pc1ccccc1-c1ccccc1. The molecule has 108 valence electrons. The first-order valence-electron chi connectivity index (χ1n) is 6.99. The highest BCUT2D eigenvalue weighted by molar-refractivity contribution is 7.56. The first kappa shape index (κ1) is 14.5. The maximum absolute atomic E-state index is 11.4. The predicted octanol–water partition coefficient (Wildman–Crippen LogP) is 3.68. The Hall–Kier alpha value is -2.44. The topological polar surface area (TPSA) is 37.3 Å². The second kappa shape index (κ2) is 6.55. The van der Waals surface area contributed by atoms with Gasteiger partial charge >= 0.3 is 5.97 Å². The van der Waals surface area contributed by atoms with Crippen molar-refractivity contribution in [3.8, 4) is 11.1 Å². The third-order valence-corrected chi connectivity index (χ3v) is 4.85. The molecule has 0 bridgehead atoms. The van der Waals surface area contributed by atoms with Crippen LogP contribution in [0, 0.1) is 0 Å². The molecule has 0 spiro atoms. The molecule has 0 aromatic heterocycles. The van der Waals surface area contributed by atoms with Gasteiger partial charge in [-0.25, -0.2) is 4.79 Å². The molecule has 1 unspecified atom stereocenters. The van der Waals surface area contributed by atoms with E-state index >= 15 is 0 Å². The van der Waals surface area contributed by atoms with E-state index in [0.29, 0.717) is 14.1 Å². The maximum atomic E-state index is 11.4. The molecule has 0 saturated carbocycles. The van der Waals surface area contributed by atoms with Crippen LogP contribution in [0.15, 0.2) is 78.9 Å². The van der Waals surface area contributed by atoms with E-state index in [0.717, 1.165) is 21.7 Å². The van der Waals surface area contributed by atoms with Crippen molar-refractivity contribution in [3.63, 3.8) is 0 Å². The number of rotatable bonds is 4. The van der Waals surface area contributed by atoms with Gasteiger partial charge in [-0.2, -0.15) is 0 Å². The van der Waals surface area contributed by atoms with Crippen LogP contribution in [0.4, 0.5) is 0 Å². The maximum Gasteiger partial charge on any atom is 0.336 e. The molecule has 3 aromatic carbocycles. The van der Waals surface area contributed by atoms with Crippen molar-refractivity contribution in [2.75, 3.05) is 0 Å². The number of hydrogen-bond donors (Lipinski definition) is 1. The lowest BCUT2D eigenvalue weighted by Gasteiger charge is -2.11. The van der Waals surface area contributed by atoms with Crippen molar-refractivity contribution in [2.45, 2.75) is 0 Å². The zero-order valence-electron chi connectivity index (χ0n) is 11.9. The average molecular weight is 306 g/mol. The summed E-state index contributed by atoms with van der Waals surface area (Å²) in [5, 5.41) is 11.3. The monoisotopic (exact) mass is 306 g/mol. The molecule has 0 aliphatic rings. The van der Waals surface area contributed by atoms with Crippen LogP contribution >= 0.6 is 8.58 Å². The molecule has 3 heteroatoms. The molecule has 0 fully saturated rings. The summed E-state index contributed by atoms with van der Waals surface area (Å²) in [5.74, 6) is -0.875. The van der Waals surface area contributed by atoms with Crippen LogP contribution < -0.4 is 10.6 Å². The summed E-state index contributed by atoms with van der Waals surface area (Å²) in [4.78, 5) is 11.4. The quantitative estimate of drug-likeness (QED) is 0.747. The Morgan fingerprint density at radius 1 is 0.727 bits per heavy atom. The Labute approximate surface area is 131 Å². The molecule has 22 heavy (non-hydrogen) atoms. The third-order valence-electron chi connectivity index (χ3n) is 3.44. The van der Waals surface area contributed by atoms with Gasteiger partial charge in [-0.15, -0.1) is 0 Å². The summed E-state index contributed by atoms with van der Waals surface area (Å²) in [6, 6.07) is 25.5. The van der Waals surface area contributed by atoms with Crippen molar-refractivity contribution in [1.82, 2.24) is 0 Å². The minimum absolute atomic E-state index is 0.312. The smallest absolute Gasteiger partial charge is 0.336 e. The van der Waals surface area contributed by atoms with E-state index in [1.54, 1.807) is 12.1 Å². The second-order valence-electron chi connectivity index (χ2n) is 4.89. The summed E-state index contributed by atoms with van der Waals surface area (Å²) in [6.07, 6.45) is 0. The minimum Gasteiger partial charge on any atom is -0.478 e. The number of carbonyl (C=O) groups is 1. The molecule has 3 aromatic rings. The van der Waals surface area contributed by atoms with Crippen molar-refractivity contribution < 1.29 is 9.90 Å². The Balaban J connectivity index is 2.03. The number of carboxylic acids is 1. The number of benzene rings is 3. The van der Waals surface area contributed by atoms with Gasteiger partial charge in [0.05, 0.1) is 5.56 Å². The number of carboxylic acid groups (broad SMARTS) is 1. The fraction of sp³-hybridized carbons (Fsp3) is 0. The second-order valence-corrected chi connectivity index (χ2v) is 6.21. The molecular weight excluding hydrogens is 291 g/mol. The van der Waals surface area contributed by atoms with Crippen molar-refractivity contribution in [1.29, 1.82) is 0 Å². The van der Waals surface area contributed by atoms with E-state index in [1.165, 1.54) is 0 Å². The van der Waals surface area contributed by atoms with E-state index in [9.17, 15) is 9.90 Å². The van der Waals surface area contributed by atoms with Crippen LogP contribution in [0.3, 0.4) is 0 Å². The third kappa shape index (κ3) is 3.08. The summed E-state index contributed by atoms with van der Waals surface area (Å²) in [7, 11) is 0.312. The molecule has 0 saturated heterocycles. The highest BCUT2D eigenvalue weighted by Gasteiger charge is 2.11. The zero-order valence-corrected chi connectivity index (χ0v) is 12.9. The number of hydrogen-bond acceptors (Lipinski definition) is 1. The molecule has 0 heterocycles. The van der Waals surface area contributed by atoms with Gasteiger partial charge in [0.25, 0.3) is 0 Å². The summed E-state index contributed by atoms with van der Waals surface area (Å²) in [5.41, 5.74) is 2.68. The van der Waals surface area contributed by atoms with E-state index < -0.39 is 5.97 Å². The largest absolute Gasteiger partial charge is 0.478 e. The van der Waals surface area contributed by atoms with Crippen molar-refractivity contribution in [2.24, 2.45) is 0 Å². The van der Waals surface area contributed by atoms with Crippen LogP contribution in [0.5, 0.6) is 0 Å². The van der Waals surface area contributed by atoms with E-state index in [1.807, 2.05) is 42.5 Å². The predicted molar refractivity (Wildman–Crippen MR) is 92.9 cm³/mol. The lowest BCUT2D eigenvalue weighted by molar-refractivity contribution is 0.0698. The molecule has 0 aliphatic heterocycles. The fourth-order valence-corrected chi connectivity index (χ4v) is 3.72. The lowest BCUT2D eigenvalue weighted by atomic mass is 10.1. The van der Waals surface area contributed by atoms with Gasteiger partial charge in [-0.3, -0.25) is 0 Å². The van der Waals surface area contributed by atoms with Gasteiger partial charge in [-0.05, 0) is 27.8 Å². The van der Waals surface area contributed by atoms with Gasteiger partial charge < -0.3 is 5.11 Å². The van der Waals surface area contributed by atoms with Crippen LogP contribution in [-0.2, 0) is 0 Å². The normalized spacial score (nSPS) is 10.9. The molecule has 3 rings (SSSR count). The van der Waals surface area contributed by atoms with Gasteiger partial charge in [0.15, 0.2) is 0 Å². The lowest BCUT2D eigenvalue weighted by Crippen LogP contribution is -2.14.